The average Bonchev–Trinajstić information content (AvgIpc) is 2.35. The molecule has 88 valence electrons. The Labute approximate surface area is 95.5 Å². The number of nitrogens with one attached hydrogen (secondary N) is 1. The zero-order chi connectivity index (χ0) is 11.4. The standard InChI is InChI=1S/C12H17NO3/c1-3-10-9(8-13-14-2)4-5-11-12(10)16-7-6-15-11/h4-5,13H,3,6-8H2,1-2H3. The van der Waals surface area contributed by atoms with Gasteiger partial charge in [0, 0.05) is 12.1 Å². The van der Waals surface area contributed by atoms with Crippen LogP contribution in [0, 0.1) is 0 Å². The molecular weight excluding hydrogens is 206 g/mol. The summed E-state index contributed by atoms with van der Waals surface area (Å²) in [6, 6.07) is 4.01. The fourth-order valence-corrected chi connectivity index (χ4v) is 1.92. The molecule has 16 heavy (non-hydrogen) atoms. The van der Waals surface area contributed by atoms with Crippen LogP contribution in [0.3, 0.4) is 0 Å². The molecule has 0 bridgehead atoms. The maximum atomic E-state index is 5.67. The fourth-order valence-electron chi connectivity index (χ4n) is 1.92. The molecule has 1 aromatic carbocycles. The van der Waals surface area contributed by atoms with Crippen molar-refractivity contribution < 1.29 is 14.3 Å². The van der Waals surface area contributed by atoms with E-state index >= 15 is 0 Å². The first-order valence-corrected chi connectivity index (χ1v) is 5.53. The number of ether oxygens (including phenoxy) is 2. The third kappa shape index (κ3) is 2.13. The largest absolute Gasteiger partial charge is 0.486 e. The van der Waals surface area contributed by atoms with E-state index in [2.05, 4.69) is 18.5 Å². The Bertz CT molecular complexity index is 366. The van der Waals surface area contributed by atoms with Crippen LogP contribution in [0.4, 0.5) is 0 Å². The molecule has 0 spiro atoms. The molecule has 0 saturated heterocycles. The van der Waals surface area contributed by atoms with Gasteiger partial charge in [-0.1, -0.05) is 13.0 Å². The van der Waals surface area contributed by atoms with Gasteiger partial charge in [0.05, 0.1) is 7.11 Å². The fraction of sp³-hybridized carbons (Fsp3) is 0.500. The summed E-state index contributed by atoms with van der Waals surface area (Å²) in [6.07, 6.45) is 0.924. The highest BCUT2D eigenvalue weighted by molar-refractivity contribution is 5.51. The zero-order valence-corrected chi connectivity index (χ0v) is 9.71. The summed E-state index contributed by atoms with van der Waals surface area (Å²) in [5, 5.41) is 0. The summed E-state index contributed by atoms with van der Waals surface area (Å²) in [5.41, 5.74) is 5.23. The van der Waals surface area contributed by atoms with Crippen molar-refractivity contribution in [2.24, 2.45) is 0 Å². The second-order valence-corrected chi connectivity index (χ2v) is 3.61. The third-order valence-corrected chi connectivity index (χ3v) is 2.67. The van der Waals surface area contributed by atoms with E-state index in [9.17, 15) is 0 Å². The van der Waals surface area contributed by atoms with Crippen molar-refractivity contribution in [2.45, 2.75) is 19.9 Å². The molecule has 0 aliphatic carbocycles. The van der Waals surface area contributed by atoms with Gasteiger partial charge in [-0.05, 0) is 18.1 Å². The first-order valence-electron chi connectivity index (χ1n) is 5.53. The van der Waals surface area contributed by atoms with Crippen LogP contribution in [0.2, 0.25) is 0 Å². The molecule has 0 fully saturated rings. The summed E-state index contributed by atoms with van der Waals surface area (Å²) in [4.78, 5) is 4.87. The van der Waals surface area contributed by atoms with Crippen LogP contribution in [0.1, 0.15) is 18.1 Å². The van der Waals surface area contributed by atoms with Crippen molar-refractivity contribution in [3.8, 4) is 11.5 Å². The maximum Gasteiger partial charge on any atom is 0.164 e. The van der Waals surface area contributed by atoms with Gasteiger partial charge in [-0.25, -0.2) is 0 Å². The minimum Gasteiger partial charge on any atom is -0.486 e. The summed E-state index contributed by atoms with van der Waals surface area (Å²) in [7, 11) is 1.61. The lowest BCUT2D eigenvalue weighted by Crippen LogP contribution is -2.18. The monoisotopic (exact) mass is 223 g/mol. The first kappa shape index (κ1) is 11.2. The van der Waals surface area contributed by atoms with Crippen LogP contribution in [0.25, 0.3) is 0 Å². The number of hydroxylamine groups is 1. The minimum atomic E-state index is 0.626. The molecule has 0 saturated carbocycles. The average molecular weight is 223 g/mol. The van der Waals surface area contributed by atoms with Gasteiger partial charge in [-0.3, -0.25) is 0 Å². The van der Waals surface area contributed by atoms with E-state index in [-0.39, 0.29) is 0 Å². The smallest absolute Gasteiger partial charge is 0.164 e. The molecule has 1 aromatic rings. The molecule has 0 radical (unpaired) electrons. The Morgan fingerprint density at radius 2 is 2.12 bits per heavy atom. The first-order chi connectivity index (χ1) is 7.86. The summed E-state index contributed by atoms with van der Waals surface area (Å²) in [6.45, 7) is 4.05. The van der Waals surface area contributed by atoms with Gasteiger partial charge >= 0.3 is 0 Å². The topological polar surface area (TPSA) is 39.7 Å². The molecule has 0 amide bonds. The summed E-state index contributed by atoms with van der Waals surface area (Å²) in [5.74, 6) is 1.74. The molecule has 1 aliphatic heterocycles. The SMILES string of the molecule is CCc1c(CNOC)ccc2c1OCCO2. The molecule has 0 unspecified atom stereocenters. The van der Waals surface area contributed by atoms with E-state index in [0.717, 1.165) is 17.9 Å². The predicted octanol–water partition coefficient (Wildman–Crippen LogP) is 1.67. The molecule has 4 nitrogen and oxygen atoms in total. The van der Waals surface area contributed by atoms with Crippen molar-refractivity contribution in [1.82, 2.24) is 5.48 Å². The van der Waals surface area contributed by atoms with Crippen LogP contribution >= 0.6 is 0 Å². The number of hydrogen-bond acceptors (Lipinski definition) is 4. The van der Waals surface area contributed by atoms with Crippen LogP contribution in [-0.4, -0.2) is 20.3 Å². The number of benzene rings is 1. The molecule has 1 heterocycles. The number of hydrogen-bond donors (Lipinski definition) is 1. The van der Waals surface area contributed by atoms with E-state index in [1.54, 1.807) is 7.11 Å². The van der Waals surface area contributed by atoms with Gasteiger partial charge in [0.15, 0.2) is 11.5 Å². The van der Waals surface area contributed by atoms with Gasteiger partial charge in [-0.15, -0.1) is 0 Å². The second-order valence-electron chi connectivity index (χ2n) is 3.61. The zero-order valence-electron chi connectivity index (χ0n) is 9.71. The molecule has 0 atom stereocenters. The van der Waals surface area contributed by atoms with Crippen LogP contribution in [-0.2, 0) is 17.8 Å². The van der Waals surface area contributed by atoms with Crippen molar-refractivity contribution in [3.05, 3.63) is 23.3 Å². The molecule has 4 heteroatoms. The quantitative estimate of drug-likeness (QED) is 0.788. The Kier molecular flexibility index (Phi) is 3.64. The van der Waals surface area contributed by atoms with E-state index < -0.39 is 0 Å². The number of fused-ring (bicyclic) bond motifs is 1. The molecule has 0 aromatic heterocycles. The van der Waals surface area contributed by atoms with Crippen LogP contribution < -0.4 is 15.0 Å². The maximum absolute atomic E-state index is 5.67. The van der Waals surface area contributed by atoms with Gasteiger partial charge in [0.1, 0.15) is 13.2 Å². The van der Waals surface area contributed by atoms with Crippen molar-refractivity contribution >= 4 is 0 Å². The van der Waals surface area contributed by atoms with Gasteiger partial charge in [-0.2, -0.15) is 5.48 Å². The van der Waals surface area contributed by atoms with E-state index in [0.29, 0.717) is 19.8 Å². The Balaban J connectivity index is 2.31. The molecule has 1 aliphatic rings. The third-order valence-electron chi connectivity index (χ3n) is 2.67. The summed E-state index contributed by atoms with van der Waals surface area (Å²) >= 11 is 0. The van der Waals surface area contributed by atoms with Gasteiger partial charge in [0.2, 0.25) is 0 Å². The van der Waals surface area contributed by atoms with E-state index in [1.807, 2.05) is 6.07 Å². The molecule has 1 N–H and O–H groups in total. The van der Waals surface area contributed by atoms with Crippen molar-refractivity contribution in [3.63, 3.8) is 0 Å². The Hall–Kier alpha value is -1.26. The van der Waals surface area contributed by atoms with Gasteiger partial charge < -0.3 is 14.3 Å². The number of rotatable bonds is 4. The summed E-state index contributed by atoms with van der Waals surface area (Å²) < 4.78 is 11.2. The molecular formula is C12H17NO3. The van der Waals surface area contributed by atoms with E-state index in [4.69, 9.17) is 14.3 Å². The second kappa shape index (κ2) is 5.18. The highest BCUT2D eigenvalue weighted by Gasteiger charge is 2.17. The normalized spacial score (nSPS) is 13.9. The predicted molar refractivity (Wildman–Crippen MR) is 60.7 cm³/mol. The lowest BCUT2D eigenvalue weighted by molar-refractivity contribution is 0.0863. The van der Waals surface area contributed by atoms with Crippen molar-refractivity contribution in [1.29, 1.82) is 0 Å². The van der Waals surface area contributed by atoms with Crippen LogP contribution in [0.5, 0.6) is 11.5 Å². The lowest BCUT2D eigenvalue weighted by atomic mass is 10.0. The highest BCUT2D eigenvalue weighted by Crippen LogP contribution is 2.36. The van der Waals surface area contributed by atoms with Crippen molar-refractivity contribution in [2.75, 3.05) is 20.3 Å². The van der Waals surface area contributed by atoms with Crippen LogP contribution in [0.15, 0.2) is 12.1 Å². The Morgan fingerprint density at radius 3 is 2.88 bits per heavy atom. The highest BCUT2D eigenvalue weighted by atomic mass is 16.6. The van der Waals surface area contributed by atoms with Gasteiger partial charge in [0.25, 0.3) is 0 Å². The lowest BCUT2D eigenvalue weighted by Gasteiger charge is -2.22. The minimum absolute atomic E-state index is 0.626. The molecule has 2 rings (SSSR count). The van der Waals surface area contributed by atoms with E-state index in [1.165, 1.54) is 11.1 Å². The Morgan fingerprint density at radius 1 is 1.31 bits per heavy atom.